The maximum atomic E-state index is 14.5. The summed E-state index contributed by atoms with van der Waals surface area (Å²) < 4.78 is 5.91. The van der Waals surface area contributed by atoms with Gasteiger partial charge < -0.3 is 46.6 Å². The lowest BCUT2D eigenvalue weighted by Crippen LogP contribution is -2.60. The molecule has 0 heterocycles. The van der Waals surface area contributed by atoms with Gasteiger partial charge in [-0.25, -0.2) is 9.59 Å². The molecule has 0 radical (unpaired) electrons. The number of hydrogen-bond donors (Lipinski definition) is 8. The van der Waals surface area contributed by atoms with E-state index in [9.17, 15) is 58.5 Å². The quantitative estimate of drug-likeness (QED) is 0.0418. The zero-order valence-corrected chi connectivity index (χ0v) is 42.2. The largest absolute Gasteiger partial charge is 0.481 e. The van der Waals surface area contributed by atoms with Crippen LogP contribution in [-0.4, -0.2) is 118 Å². The molecular weight excluding hydrogens is 965 g/mol. The number of rotatable bonds is 25. The Hall–Kier alpha value is -8.09. The van der Waals surface area contributed by atoms with Crippen molar-refractivity contribution in [3.8, 4) is 11.1 Å². The number of carbonyl (C=O) groups is 9. The van der Waals surface area contributed by atoms with Gasteiger partial charge in [0.15, 0.2) is 0 Å². The maximum absolute atomic E-state index is 14.5. The van der Waals surface area contributed by atoms with Crippen LogP contribution in [0.1, 0.15) is 106 Å². The molecule has 0 aromatic heterocycles. The zero-order valence-electron chi connectivity index (χ0n) is 42.2. The van der Waals surface area contributed by atoms with Crippen LogP contribution in [0.2, 0.25) is 0 Å². The number of fused-ring (bicyclic) bond motifs is 3. The lowest BCUT2D eigenvalue weighted by atomic mass is 9.84. The smallest absolute Gasteiger partial charge is 0.410 e. The lowest BCUT2D eigenvalue weighted by molar-refractivity contribution is -0.143. The van der Waals surface area contributed by atoms with Crippen LogP contribution in [0.25, 0.3) is 11.1 Å². The summed E-state index contributed by atoms with van der Waals surface area (Å²) in [4.78, 5) is 122. The molecule has 1 unspecified atom stereocenters. The summed E-state index contributed by atoms with van der Waals surface area (Å²) in [6.07, 6.45) is 1.04. The van der Waals surface area contributed by atoms with Gasteiger partial charge in [0, 0.05) is 19.4 Å². The summed E-state index contributed by atoms with van der Waals surface area (Å²) >= 11 is 0. The molecule has 6 amide bonds. The molecule has 1 fully saturated rings. The van der Waals surface area contributed by atoms with Crippen LogP contribution < -0.4 is 26.6 Å². The number of hydrogen-bond acceptors (Lipinski definition) is 10. The van der Waals surface area contributed by atoms with Gasteiger partial charge in [-0.15, -0.1) is 0 Å². The summed E-state index contributed by atoms with van der Waals surface area (Å²) in [5, 5.41) is 42.1. The standard InChI is InChI=1S/C56H66N6O13/c1-33(2)27-42(60-54(71)49(36-21-11-6-12-22-36)62(3)56(74)75-32-41-39-25-15-13-23-37(39)38-24-14-16-26-40(38)41)50(67)58-44(30-47(63)64)52(69)57-43(28-34-17-7-4-8-18-34)51(68)59-45(31-48(65)66)53(70)61-46(55(72)73)29-35-19-9-5-10-20-35/h5-6,9-16,19-26,33-34,41-46,49H,4,7-8,17-18,27-32H2,1-3H3,(H,57,69)(H,58,67)(H,59,68)(H,60,71)(H,61,70)(H,63,64)(H,65,66)(H,72,73)/t42-,43-,44-,45-,46-,49?/m0/s1. The summed E-state index contributed by atoms with van der Waals surface area (Å²) in [5.74, 6) is -9.95. The predicted octanol–water partition coefficient (Wildman–Crippen LogP) is 5.33. The molecule has 4 aromatic carbocycles. The highest BCUT2D eigenvalue weighted by Gasteiger charge is 2.38. The predicted molar refractivity (Wildman–Crippen MR) is 275 cm³/mol. The Balaban J connectivity index is 1.18. The number of carboxylic acid groups (broad SMARTS) is 3. The molecule has 6 rings (SSSR count). The van der Waals surface area contributed by atoms with E-state index < -0.39 is 103 Å². The van der Waals surface area contributed by atoms with E-state index in [0.29, 0.717) is 24.0 Å². The van der Waals surface area contributed by atoms with Crippen LogP contribution in [0.5, 0.6) is 0 Å². The number of benzene rings is 4. The van der Waals surface area contributed by atoms with Gasteiger partial charge in [0.1, 0.15) is 42.9 Å². The highest BCUT2D eigenvalue weighted by atomic mass is 16.6. The Morgan fingerprint density at radius 1 is 0.560 bits per heavy atom. The fourth-order valence-electron chi connectivity index (χ4n) is 9.84. The first-order valence-corrected chi connectivity index (χ1v) is 25.2. The van der Waals surface area contributed by atoms with Gasteiger partial charge in [0.05, 0.1) is 12.8 Å². The van der Waals surface area contributed by atoms with E-state index in [1.165, 1.54) is 7.05 Å². The van der Waals surface area contributed by atoms with Crippen molar-refractivity contribution < 1.29 is 63.2 Å². The Morgan fingerprint density at radius 3 is 1.53 bits per heavy atom. The third-order valence-corrected chi connectivity index (χ3v) is 13.6. The molecule has 6 atom stereocenters. The van der Waals surface area contributed by atoms with Crippen molar-refractivity contribution in [2.24, 2.45) is 11.8 Å². The minimum absolute atomic E-state index is 0.00256. The summed E-state index contributed by atoms with van der Waals surface area (Å²) in [6.45, 7) is 3.53. The van der Waals surface area contributed by atoms with Crippen molar-refractivity contribution in [1.82, 2.24) is 31.5 Å². The normalized spacial score (nSPS) is 15.5. The van der Waals surface area contributed by atoms with E-state index in [1.54, 1.807) is 74.5 Å². The van der Waals surface area contributed by atoms with Crippen molar-refractivity contribution in [1.29, 1.82) is 0 Å². The second kappa shape index (κ2) is 26.7. The van der Waals surface area contributed by atoms with E-state index in [2.05, 4.69) is 26.6 Å². The highest BCUT2D eigenvalue weighted by Crippen LogP contribution is 2.44. The third kappa shape index (κ3) is 15.7. The number of carboxylic acids is 3. The molecular formula is C56H66N6O13. The number of likely N-dealkylation sites (N-methyl/N-ethyl adjacent to an activating group) is 1. The van der Waals surface area contributed by atoms with Crippen molar-refractivity contribution in [3.63, 3.8) is 0 Å². The van der Waals surface area contributed by atoms with Crippen LogP contribution >= 0.6 is 0 Å². The molecule has 19 heteroatoms. The fraction of sp³-hybridized carbons (Fsp3) is 0.411. The fourth-order valence-corrected chi connectivity index (χ4v) is 9.84. The molecule has 19 nitrogen and oxygen atoms in total. The molecule has 1 saturated carbocycles. The van der Waals surface area contributed by atoms with Crippen molar-refractivity contribution in [3.05, 3.63) is 131 Å². The van der Waals surface area contributed by atoms with Gasteiger partial charge in [0.25, 0.3) is 0 Å². The SMILES string of the molecule is CC(C)C[C@H](NC(=O)C(c1ccccc1)N(C)C(=O)OCC1c2ccccc2-c2ccccc21)C(=O)N[C@@H](CC(=O)O)C(=O)N[C@@H](CC1CCCCC1)C(=O)N[C@@H](CC(=O)O)C(=O)N[C@@H](Cc1ccccc1)C(=O)O. The zero-order chi connectivity index (χ0) is 54.2. The molecule has 8 N–H and O–H groups in total. The molecule has 0 bridgehead atoms. The molecule has 0 aliphatic heterocycles. The Kier molecular flexibility index (Phi) is 20.0. The third-order valence-electron chi connectivity index (χ3n) is 13.6. The molecule has 75 heavy (non-hydrogen) atoms. The van der Waals surface area contributed by atoms with Gasteiger partial charge in [0.2, 0.25) is 29.5 Å². The number of nitrogens with one attached hydrogen (secondary N) is 5. The molecule has 398 valence electrons. The van der Waals surface area contributed by atoms with Crippen molar-refractivity contribution in [2.45, 2.75) is 120 Å². The van der Waals surface area contributed by atoms with Gasteiger partial charge in [-0.2, -0.15) is 0 Å². The van der Waals surface area contributed by atoms with Crippen LogP contribution in [0.15, 0.2) is 109 Å². The number of carbonyl (C=O) groups excluding carboxylic acids is 6. The summed E-state index contributed by atoms with van der Waals surface area (Å²) in [7, 11) is 1.40. The highest BCUT2D eigenvalue weighted by molar-refractivity contribution is 5.98. The van der Waals surface area contributed by atoms with Gasteiger partial charge in [-0.1, -0.05) is 155 Å². The van der Waals surface area contributed by atoms with E-state index in [0.717, 1.165) is 46.4 Å². The first kappa shape index (κ1) is 56.2. The minimum atomic E-state index is -1.82. The second-order valence-corrected chi connectivity index (χ2v) is 19.6. The van der Waals surface area contributed by atoms with Crippen LogP contribution in [0.3, 0.4) is 0 Å². The van der Waals surface area contributed by atoms with E-state index in [4.69, 9.17) is 4.74 Å². The monoisotopic (exact) mass is 1030 g/mol. The average Bonchev–Trinajstić information content (AvgIpc) is 3.70. The number of amides is 6. The van der Waals surface area contributed by atoms with E-state index >= 15 is 0 Å². The van der Waals surface area contributed by atoms with Crippen LogP contribution in [-0.2, 0) is 49.5 Å². The molecule has 2 aliphatic rings. The van der Waals surface area contributed by atoms with Crippen molar-refractivity contribution in [2.75, 3.05) is 13.7 Å². The van der Waals surface area contributed by atoms with E-state index in [1.807, 2.05) is 48.5 Å². The lowest BCUT2D eigenvalue weighted by Gasteiger charge is -2.31. The van der Waals surface area contributed by atoms with E-state index in [-0.39, 0.29) is 43.6 Å². The second-order valence-electron chi connectivity index (χ2n) is 19.6. The number of ether oxygens (including phenoxy) is 1. The molecule has 0 spiro atoms. The van der Waals surface area contributed by atoms with Gasteiger partial charge in [-0.3, -0.25) is 38.5 Å². The Labute approximate surface area is 435 Å². The van der Waals surface area contributed by atoms with Crippen LogP contribution in [0.4, 0.5) is 4.79 Å². The number of nitrogens with zero attached hydrogens (tertiary/aromatic N) is 1. The molecule has 2 aliphatic carbocycles. The maximum Gasteiger partial charge on any atom is 0.410 e. The topological polar surface area (TPSA) is 287 Å². The molecule has 0 saturated heterocycles. The first-order valence-electron chi connectivity index (χ1n) is 25.2. The summed E-state index contributed by atoms with van der Waals surface area (Å²) in [5.41, 5.74) is 4.99. The van der Waals surface area contributed by atoms with Gasteiger partial charge in [-0.05, 0) is 58.1 Å². The molecule has 4 aromatic rings. The first-order chi connectivity index (χ1) is 35.9. The summed E-state index contributed by atoms with van der Waals surface area (Å²) in [6, 6.07) is 23.1. The van der Waals surface area contributed by atoms with Crippen LogP contribution in [0, 0.1) is 11.8 Å². The number of aliphatic carboxylic acids is 3. The Bertz CT molecular complexity index is 2630. The average molecular weight is 1030 g/mol. The Morgan fingerprint density at radius 2 is 1.01 bits per heavy atom. The van der Waals surface area contributed by atoms with Gasteiger partial charge >= 0.3 is 24.0 Å². The van der Waals surface area contributed by atoms with Crippen molar-refractivity contribution >= 4 is 53.5 Å². The minimum Gasteiger partial charge on any atom is -0.481 e.